The lowest BCUT2D eigenvalue weighted by molar-refractivity contribution is -0.259. The first kappa shape index (κ1) is 13.1. The average Bonchev–Trinajstić information content (AvgIpc) is 2.73. The number of fused-ring (bicyclic) bond motifs is 1. The number of carbonyl (C=O) groups is 2. The predicted octanol–water partition coefficient (Wildman–Crippen LogP) is 0.479. The van der Waals surface area contributed by atoms with Crippen molar-refractivity contribution in [1.82, 2.24) is 4.90 Å². The van der Waals surface area contributed by atoms with Gasteiger partial charge in [-0.3, -0.25) is 4.90 Å². The van der Waals surface area contributed by atoms with Gasteiger partial charge in [0.05, 0.1) is 13.7 Å². The third kappa shape index (κ3) is 1.26. The zero-order valence-corrected chi connectivity index (χ0v) is 11.1. The van der Waals surface area contributed by atoms with Crippen LogP contribution in [-0.2, 0) is 23.7 Å². The van der Waals surface area contributed by atoms with Gasteiger partial charge in [-0.15, -0.1) is 0 Å². The van der Waals surface area contributed by atoms with Crippen molar-refractivity contribution in [3.8, 4) is 0 Å². The summed E-state index contributed by atoms with van der Waals surface area (Å²) in [6.45, 7) is 4.85. The topological polar surface area (TPSA) is 74.3 Å². The molecule has 2 rings (SSSR count). The van der Waals surface area contributed by atoms with Gasteiger partial charge in [0.1, 0.15) is 0 Å². The van der Waals surface area contributed by atoms with Crippen LogP contribution in [0.5, 0.6) is 0 Å². The first-order valence-electron chi connectivity index (χ1n) is 5.56. The van der Waals surface area contributed by atoms with E-state index in [0.29, 0.717) is 0 Å². The fourth-order valence-electron chi connectivity index (χ4n) is 2.50. The average molecular weight is 259 g/mol. The van der Waals surface area contributed by atoms with Crippen molar-refractivity contribution < 1.29 is 28.5 Å². The van der Waals surface area contributed by atoms with E-state index in [4.69, 9.17) is 18.9 Å². The normalized spacial score (nSPS) is 42.7. The van der Waals surface area contributed by atoms with Crippen LogP contribution in [-0.4, -0.2) is 54.8 Å². The highest BCUT2D eigenvalue weighted by Gasteiger charge is 2.72. The van der Waals surface area contributed by atoms with E-state index in [0.717, 1.165) is 0 Å². The van der Waals surface area contributed by atoms with Gasteiger partial charge in [0.15, 0.2) is 5.54 Å². The molecule has 2 aliphatic heterocycles. The Kier molecular flexibility index (Phi) is 2.61. The fourth-order valence-corrected chi connectivity index (χ4v) is 2.50. The Morgan fingerprint density at radius 3 is 2.44 bits per heavy atom. The van der Waals surface area contributed by atoms with Gasteiger partial charge in [-0.2, -0.15) is 0 Å². The number of ether oxygens (including phenoxy) is 4. The molecule has 2 saturated heterocycles. The highest BCUT2D eigenvalue weighted by atomic mass is 16.8. The van der Waals surface area contributed by atoms with Crippen molar-refractivity contribution in [1.29, 1.82) is 0 Å². The smallest absolute Gasteiger partial charge is 0.416 e. The Hall–Kier alpha value is -1.34. The molecule has 0 radical (unpaired) electrons. The third-order valence-corrected chi connectivity index (χ3v) is 3.88. The number of hydrogen-bond acceptors (Lipinski definition) is 6. The molecule has 0 N–H and O–H groups in total. The summed E-state index contributed by atoms with van der Waals surface area (Å²) in [6.07, 6.45) is -0.660. The molecular formula is C11H17NO6. The molecule has 0 aliphatic carbocycles. The van der Waals surface area contributed by atoms with E-state index in [9.17, 15) is 9.59 Å². The van der Waals surface area contributed by atoms with Crippen LogP contribution < -0.4 is 0 Å². The molecule has 7 heteroatoms. The van der Waals surface area contributed by atoms with E-state index in [2.05, 4.69) is 0 Å². The number of nitrogens with zero attached hydrogens (tertiary/aromatic N) is 1. The van der Waals surface area contributed by atoms with Crippen LogP contribution in [0.1, 0.15) is 20.8 Å². The molecule has 2 aliphatic rings. The second kappa shape index (κ2) is 3.58. The summed E-state index contributed by atoms with van der Waals surface area (Å²) in [5.74, 6) is -1.82. The summed E-state index contributed by atoms with van der Waals surface area (Å²) in [5, 5.41) is 0. The minimum Gasteiger partial charge on any atom is -0.467 e. The lowest BCUT2D eigenvalue weighted by Crippen LogP contribution is -2.60. The zero-order valence-electron chi connectivity index (χ0n) is 11.1. The Balaban J connectivity index is 2.48. The molecule has 0 aromatic rings. The van der Waals surface area contributed by atoms with E-state index < -0.39 is 29.1 Å². The third-order valence-electron chi connectivity index (χ3n) is 3.88. The van der Waals surface area contributed by atoms with Crippen molar-refractivity contribution in [2.45, 2.75) is 37.8 Å². The van der Waals surface area contributed by atoms with Crippen LogP contribution in [0.25, 0.3) is 0 Å². The molecule has 0 saturated carbocycles. The molecule has 0 aromatic heterocycles. The monoisotopic (exact) mass is 259 g/mol. The minimum atomic E-state index is -1.27. The maximum Gasteiger partial charge on any atom is 0.416 e. The van der Waals surface area contributed by atoms with Crippen molar-refractivity contribution in [2.75, 3.05) is 20.8 Å². The number of carbonyl (C=O) groups excluding carboxylic acids is 2. The molecule has 0 bridgehead atoms. The van der Waals surface area contributed by atoms with Crippen molar-refractivity contribution in [3.63, 3.8) is 0 Å². The summed E-state index contributed by atoms with van der Waals surface area (Å²) in [4.78, 5) is 25.1. The molecular weight excluding hydrogens is 242 g/mol. The Morgan fingerprint density at radius 2 is 1.94 bits per heavy atom. The molecule has 0 unspecified atom stereocenters. The molecule has 2 fully saturated rings. The second-order valence-corrected chi connectivity index (χ2v) is 4.89. The van der Waals surface area contributed by atoms with Gasteiger partial charge in [-0.05, 0) is 13.8 Å². The Morgan fingerprint density at radius 1 is 1.33 bits per heavy atom. The van der Waals surface area contributed by atoms with Gasteiger partial charge >= 0.3 is 12.1 Å². The zero-order chi connectivity index (χ0) is 13.8. The van der Waals surface area contributed by atoms with Crippen molar-refractivity contribution in [3.05, 3.63) is 0 Å². The van der Waals surface area contributed by atoms with Gasteiger partial charge in [0.25, 0.3) is 5.79 Å². The summed E-state index contributed by atoms with van der Waals surface area (Å²) in [6, 6.07) is 0. The standard InChI is InChI=1S/C11H17NO6/c1-9(7(13)15-4)6-17-10(2)11(3,16-5)18-8(14)12(9)10/h6H2,1-5H3/t9-,10-,11+/m1/s1. The molecule has 18 heavy (non-hydrogen) atoms. The molecule has 0 aromatic carbocycles. The lowest BCUT2D eigenvalue weighted by Gasteiger charge is -2.36. The van der Waals surface area contributed by atoms with E-state index in [-0.39, 0.29) is 6.61 Å². The largest absolute Gasteiger partial charge is 0.467 e. The first-order valence-corrected chi connectivity index (χ1v) is 5.56. The summed E-state index contributed by atoms with van der Waals surface area (Å²) in [7, 11) is 2.68. The van der Waals surface area contributed by atoms with Gasteiger partial charge in [0, 0.05) is 14.0 Å². The highest BCUT2D eigenvalue weighted by molar-refractivity contribution is 5.87. The molecule has 3 atom stereocenters. The van der Waals surface area contributed by atoms with Crippen LogP contribution >= 0.6 is 0 Å². The quantitative estimate of drug-likeness (QED) is 0.671. The highest BCUT2D eigenvalue weighted by Crippen LogP contribution is 2.49. The Labute approximate surface area is 105 Å². The Bertz CT molecular complexity index is 412. The van der Waals surface area contributed by atoms with E-state index >= 15 is 0 Å². The molecule has 2 heterocycles. The molecule has 7 nitrogen and oxygen atoms in total. The summed E-state index contributed by atoms with van der Waals surface area (Å²) >= 11 is 0. The number of esters is 1. The van der Waals surface area contributed by atoms with Crippen LogP contribution in [0, 0.1) is 0 Å². The number of amides is 1. The number of methoxy groups -OCH3 is 2. The number of cyclic esters (lactones) is 1. The van der Waals surface area contributed by atoms with Crippen molar-refractivity contribution in [2.24, 2.45) is 0 Å². The first-order chi connectivity index (χ1) is 8.25. The van der Waals surface area contributed by atoms with E-state index in [1.165, 1.54) is 19.1 Å². The van der Waals surface area contributed by atoms with Crippen LogP contribution in [0.15, 0.2) is 0 Å². The van der Waals surface area contributed by atoms with Crippen LogP contribution in [0.4, 0.5) is 4.79 Å². The lowest BCUT2D eigenvalue weighted by atomic mass is 9.99. The van der Waals surface area contributed by atoms with Gasteiger partial charge in [-0.1, -0.05) is 0 Å². The van der Waals surface area contributed by atoms with Crippen molar-refractivity contribution >= 4 is 12.1 Å². The van der Waals surface area contributed by atoms with E-state index in [1.54, 1.807) is 20.8 Å². The maximum atomic E-state index is 12.0. The number of hydrogen-bond donors (Lipinski definition) is 0. The maximum absolute atomic E-state index is 12.0. The van der Waals surface area contributed by atoms with Gasteiger partial charge < -0.3 is 18.9 Å². The minimum absolute atomic E-state index is 0.0320. The fraction of sp³-hybridized carbons (Fsp3) is 0.818. The van der Waals surface area contributed by atoms with Crippen LogP contribution in [0.3, 0.4) is 0 Å². The van der Waals surface area contributed by atoms with E-state index in [1.807, 2.05) is 0 Å². The SMILES string of the molecule is COC(=O)[C@@]1(C)CO[C@@]2(C)N1C(=O)O[C@]2(C)OC. The molecule has 102 valence electrons. The molecule has 0 spiro atoms. The van der Waals surface area contributed by atoms with Gasteiger partial charge in [-0.25, -0.2) is 9.59 Å². The van der Waals surface area contributed by atoms with Gasteiger partial charge in [0.2, 0.25) is 5.72 Å². The molecule has 1 amide bonds. The summed E-state index contributed by atoms with van der Waals surface area (Å²) < 4.78 is 20.8. The van der Waals surface area contributed by atoms with Crippen LogP contribution in [0.2, 0.25) is 0 Å². The second-order valence-electron chi connectivity index (χ2n) is 4.89. The number of rotatable bonds is 2. The summed E-state index contributed by atoms with van der Waals surface area (Å²) in [5.41, 5.74) is -2.38. The predicted molar refractivity (Wildman–Crippen MR) is 58.5 cm³/mol.